The van der Waals surface area contributed by atoms with E-state index in [-0.39, 0.29) is 12.3 Å². The highest BCUT2D eigenvalue weighted by atomic mass is 16.3. The molecule has 25 heavy (non-hydrogen) atoms. The number of amides is 2. The normalized spacial score (nSPS) is 10.7. The van der Waals surface area contributed by atoms with Crippen LogP contribution in [-0.4, -0.2) is 33.4 Å². The predicted octanol–water partition coefficient (Wildman–Crippen LogP) is 0.128. The maximum absolute atomic E-state index is 11.7. The minimum absolute atomic E-state index is 0.203. The number of aromatic amines is 2. The van der Waals surface area contributed by atoms with E-state index in [1.165, 1.54) is 0 Å². The van der Waals surface area contributed by atoms with E-state index in [0.29, 0.717) is 6.42 Å². The van der Waals surface area contributed by atoms with Crippen LogP contribution in [0.5, 0.6) is 5.88 Å². The van der Waals surface area contributed by atoms with Gasteiger partial charge in [-0.05, 0) is 12.0 Å². The fraction of sp³-hybridized carbons (Fsp3) is 0.200. The van der Waals surface area contributed by atoms with Gasteiger partial charge in [-0.2, -0.15) is 0 Å². The molecular formula is C15H15N5O5. The number of carbonyl (C=O) groups is 2. The number of azo groups is 1. The van der Waals surface area contributed by atoms with E-state index < -0.39 is 35.3 Å². The Balaban J connectivity index is 1.83. The average Bonchev–Trinajstić information content (AvgIpc) is 2.58. The SMILES string of the molecule is O=C(CNC(=O)CCc1ccccc1)N=Nc1c(O)[nH]c(=O)[nH]c1=O. The number of aromatic hydroxyl groups is 1. The first-order chi connectivity index (χ1) is 12.0. The van der Waals surface area contributed by atoms with Crippen LogP contribution in [0.4, 0.5) is 5.69 Å². The third-order valence-corrected chi connectivity index (χ3v) is 3.08. The van der Waals surface area contributed by atoms with Crippen molar-refractivity contribution >= 4 is 17.5 Å². The van der Waals surface area contributed by atoms with Crippen LogP contribution < -0.4 is 16.6 Å². The second-order valence-electron chi connectivity index (χ2n) is 4.96. The molecule has 0 aliphatic carbocycles. The highest BCUT2D eigenvalue weighted by molar-refractivity contribution is 5.85. The molecule has 0 saturated carbocycles. The van der Waals surface area contributed by atoms with Gasteiger partial charge in [0.2, 0.25) is 17.5 Å². The summed E-state index contributed by atoms with van der Waals surface area (Å²) in [7, 11) is 0. The number of nitrogens with zero attached hydrogens (tertiary/aromatic N) is 2. The van der Waals surface area contributed by atoms with Gasteiger partial charge in [-0.15, -0.1) is 10.2 Å². The smallest absolute Gasteiger partial charge is 0.328 e. The molecule has 0 fully saturated rings. The molecule has 0 spiro atoms. The van der Waals surface area contributed by atoms with Gasteiger partial charge < -0.3 is 10.4 Å². The summed E-state index contributed by atoms with van der Waals surface area (Å²) in [6, 6.07) is 9.39. The minimum atomic E-state index is -0.996. The van der Waals surface area contributed by atoms with Crippen molar-refractivity contribution in [2.75, 3.05) is 6.54 Å². The number of benzene rings is 1. The molecule has 2 amide bonds. The fourth-order valence-electron chi connectivity index (χ4n) is 1.87. The van der Waals surface area contributed by atoms with Gasteiger partial charge in [0.15, 0.2) is 0 Å². The summed E-state index contributed by atoms with van der Waals surface area (Å²) in [6.45, 7) is -0.404. The first-order valence-corrected chi connectivity index (χ1v) is 7.26. The first kappa shape index (κ1) is 17.8. The molecule has 0 aliphatic heterocycles. The molecule has 0 saturated heterocycles. The summed E-state index contributed by atoms with van der Waals surface area (Å²) in [5.74, 6) is -1.97. The van der Waals surface area contributed by atoms with E-state index in [2.05, 4.69) is 15.5 Å². The number of carbonyl (C=O) groups excluding carboxylic acids is 2. The Bertz CT molecular complexity index is 901. The predicted molar refractivity (Wildman–Crippen MR) is 86.6 cm³/mol. The molecule has 4 N–H and O–H groups in total. The van der Waals surface area contributed by atoms with Crippen LogP contribution in [0.25, 0.3) is 0 Å². The third-order valence-electron chi connectivity index (χ3n) is 3.08. The monoisotopic (exact) mass is 345 g/mol. The molecule has 2 aromatic rings. The lowest BCUT2D eigenvalue weighted by Gasteiger charge is -2.02. The van der Waals surface area contributed by atoms with Crippen LogP contribution in [0, 0.1) is 0 Å². The van der Waals surface area contributed by atoms with Crippen molar-refractivity contribution in [1.82, 2.24) is 15.3 Å². The second kappa shape index (κ2) is 8.34. The van der Waals surface area contributed by atoms with Gasteiger partial charge in [-0.25, -0.2) is 4.79 Å². The molecule has 2 rings (SSSR count). The van der Waals surface area contributed by atoms with E-state index in [1.807, 2.05) is 40.3 Å². The summed E-state index contributed by atoms with van der Waals surface area (Å²) in [6.07, 6.45) is 0.734. The summed E-state index contributed by atoms with van der Waals surface area (Å²) >= 11 is 0. The molecule has 1 aromatic heterocycles. The van der Waals surface area contributed by atoms with Crippen molar-refractivity contribution in [2.45, 2.75) is 12.8 Å². The number of hydrogen-bond donors (Lipinski definition) is 4. The van der Waals surface area contributed by atoms with Crippen LogP contribution >= 0.6 is 0 Å². The van der Waals surface area contributed by atoms with Crippen LogP contribution in [-0.2, 0) is 16.0 Å². The van der Waals surface area contributed by atoms with E-state index in [4.69, 9.17) is 0 Å². The fourth-order valence-corrected chi connectivity index (χ4v) is 1.87. The molecule has 130 valence electrons. The van der Waals surface area contributed by atoms with Crippen LogP contribution in [0.3, 0.4) is 0 Å². The van der Waals surface area contributed by atoms with E-state index in [0.717, 1.165) is 5.56 Å². The zero-order valence-corrected chi connectivity index (χ0v) is 13.0. The van der Waals surface area contributed by atoms with Crippen LogP contribution in [0.1, 0.15) is 12.0 Å². The van der Waals surface area contributed by atoms with E-state index >= 15 is 0 Å². The van der Waals surface area contributed by atoms with Gasteiger partial charge >= 0.3 is 5.69 Å². The van der Waals surface area contributed by atoms with Gasteiger partial charge in [-0.3, -0.25) is 24.4 Å². The van der Waals surface area contributed by atoms with Crippen molar-refractivity contribution < 1.29 is 14.7 Å². The quantitative estimate of drug-likeness (QED) is 0.547. The van der Waals surface area contributed by atoms with Crippen molar-refractivity contribution in [3.63, 3.8) is 0 Å². The average molecular weight is 345 g/mol. The van der Waals surface area contributed by atoms with Gasteiger partial charge in [0.05, 0.1) is 0 Å². The van der Waals surface area contributed by atoms with Crippen molar-refractivity contribution in [2.24, 2.45) is 10.2 Å². The Kier molecular flexibility index (Phi) is 5.93. The van der Waals surface area contributed by atoms with E-state index in [1.54, 1.807) is 0 Å². The zero-order valence-electron chi connectivity index (χ0n) is 13.0. The number of H-pyrrole nitrogens is 2. The molecule has 0 unspecified atom stereocenters. The Morgan fingerprint density at radius 3 is 2.52 bits per heavy atom. The lowest BCUT2D eigenvalue weighted by Crippen LogP contribution is -2.28. The number of rotatable bonds is 6. The summed E-state index contributed by atoms with van der Waals surface area (Å²) < 4.78 is 0. The Hall–Kier alpha value is -3.56. The van der Waals surface area contributed by atoms with Gasteiger partial charge in [0, 0.05) is 6.42 Å². The van der Waals surface area contributed by atoms with Crippen molar-refractivity contribution in [3.05, 3.63) is 56.7 Å². The molecule has 0 aliphatic rings. The minimum Gasteiger partial charge on any atom is -0.493 e. The standard InChI is InChI=1S/C15H15N5O5/c21-10(7-6-9-4-2-1-3-5-9)16-8-11(22)19-20-12-13(23)17-15(25)18-14(12)24/h1-5H,6-8H2,(H,16,21)(H3,17,18,23,24,25). The maximum atomic E-state index is 11.7. The summed E-state index contributed by atoms with van der Waals surface area (Å²) in [4.78, 5) is 49.2. The van der Waals surface area contributed by atoms with Crippen molar-refractivity contribution in [1.29, 1.82) is 0 Å². The second-order valence-corrected chi connectivity index (χ2v) is 4.96. The highest BCUT2D eigenvalue weighted by Gasteiger charge is 2.09. The van der Waals surface area contributed by atoms with Gasteiger partial charge in [0.25, 0.3) is 11.5 Å². The number of nitrogens with one attached hydrogen (secondary N) is 3. The van der Waals surface area contributed by atoms with Crippen LogP contribution in [0.15, 0.2) is 50.1 Å². The largest absolute Gasteiger partial charge is 0.493 e. The molecule has 1 heterocycles. The van der Waals surface area contributed by atoms with Gasteiger partial charge in [-0.1, -0.05) is 30.3 Å². The number of aryl methyl sites for hydroxylation is 1. The Morgan fingerprint density at radius 2 is 1.84 bits per heavy atom. The maximum Gasteiger partial charge on any atom is 0.328 e. The number of aromatic nitrogens is 2. The Labute approximate surface area is 140 Å². The molecule has 10 nitrogen and oxygen atoms in total. The molecule has 0 radical (unpaired) electrons. The van der Waals surface area contributed by atoms with Crippen LogP contribution in [0.2, 0.25) is 0 Å². The number of hydrogen-bond acceptors (Lipinski definition) is 6. The third kappa shape index (κ3) is 5.53. The molecule has 10 heteroatoms. The molecule has 0 bridgehead atoms. The van der Waals surface area contributed by atoms with Gasteiger partial charge in [0.1, 0.15) is 6.54 Å². The lowest BCUT2D eigenvalue weighted by molar-refractivity contribution is -0.124. The molecule has 1 aromatic carbocycles. The highest BCUT2D eigenvalue weighted by Crippen LogP contribution is 2.15. The molecular weight excluding hydrogens is 330 g/mol. The first-order valence-electron chi connectivity index (χ1n) is 7.26. The topological polar surface area (TPSA) is 157 Å². The van der Waals surface area contributed by atoms with E-state index in [9.17, 15) is 24.3 Å². The summed E-state index contributed by atoms with van der Waals surface area (Å²) in [5, 5.41) is 18.2. The summed E-state index contributed by atoms with van der Waals surface area (Å²) in [5.41, 5.74) is -1.53. The Morgan fingerprint density at radius 1 is 1.12 bits per heavy atom. The zero-order chi connectivity index (χ0) is 18.2. The lowest BCUT2D eigenvalue weighted by atomic mass is 10.1. The van der Waals surface area contributed by atoms with Crippen molar-refractivity contribution in [3.8, 4) is 5.88 Å². The molecule has 0 atom stereocenters.